The third-order valence-corrected chi connectivity index (χ3v) is 2.41. The van der Waals surface area contributed by atoms with Gasteiger partial charge >= 0.3 is 5.97 Å². The van der Waals surface area contributed by atoms with Gasteiger partial charge in [0.1, 0.15) is 12.4 Å². The minimum Gasteiger partial charge on any atom is -0.461 e. The average molecular weight is 301 g/mol. The molecule has 4 heteroatoms. The van der Waals surface area contributed by atoms with E-state index in [4.69, 9.17) is 4.74 Å². The Labute approximate surface area is 110 Å². The van der Waals surface area contributed by atoms with Crippen LogP contribution in [0.1, 0.15) is 32.8 Å². The van der Waals surface area contributed by atoms with Gasteiger partial charge in [0.25, 0.3) is 0 Å². The molecule has 1 aromatic rings. The average Bonchev–Trinajstić information content (AvgIpc) is 2.27. The van der Waals surface area contributed by atoms with Crippen molar-refractivity contribution in [1.29, 1.82) is 0 Å². The van der Waals surface area contributed by atoms with Gasteiger partial charge in [-0.05, 0) is 19.9 Å². The molecular weight excluding hydrogens is 284 g/mol. The highest BCUT2D eigenvalue weighted by Gasteiger charge is 2.01. The maximum atomic E-state index is 10.9. The SMILES string of the molecule is CC(C)=O.CCC(=O)OCc1ccccc1Br. The molecule has 0 saturated carbocycles. The maximum absolute atomic E-state index is 10.9. The second-order valence-corrected chi connectivity index (χ2v) is 4.37. The summed E-state index contributed by atoms with van der Waals surface area (Å²) in [5, 5.41) is 0. The molecular formula is C13H17BrO3. The number of carbonyl (C=O) groups excluding carboxylic acids is 2. The van der Waals surface area contributed by atoms with Gasteiger partial charge in [-0.3, -0.25) is 4.79 Å². The van der Waals surface area contributed by atoms with E-state index in [0.29, 0.717) is 13.0 Å². The number of benzene rings is 1. The van der Waals surface area contributed by atoms with Crippen molar-refractivity contribution in [1.82, 2.24) is 0 Å². The fourth-order valence-corrected chi connectivity index (χ4v) is 1.27. The summed E-state index contributed by atoms with van der Waals surface area (Å²) in [6, 6.07) is 7.69. The monoisotopic (exact) mass is 300 g/mol. The van der Waals surface area contributed by atoms with Gasteiger partial charge in [-0.2, -0.15) is 0 Å². The fraction of sp³-hybridized carbons (Fsp3) is 0.385. The van der Waals surface area contributed by atoms with Crippen molar-refractivity contribution in [2.75, 3.05) is 0 Å². The normalized spacial score (nSPS) is 8.94. The van der Waals surface area contributed by atoms with Gasteiger partial charge in [0.15, 0.2) is 0 Å². The summed E-state index contributed by atoms with van der Waals surface area (Å²) >= 11 is 3.38. The van der Waals surface area contributed by atoms with Crippen molar-refractivity contribution in [3.8, 4) is 0 Å². The van der Waals surface area contributed by atoms with Gasteiger partial charge in [0.2, 0.25) is 0 Å². The number of halogens is 1. The lowest BCUT2D eigenvalue weighted by Gasteiger charge is -2.04. The molecule has 0 aromatic heterocycles. The van der Waals surface area contributed by atoms with Gasteiger partial charge in [0, 0.05) is 16.5 Å². The molecule has 0 unspecified atom stereocenters. The van der Waals surface area contributed by atoms with Gasteiger partial charge < -0.3 is 9.53 Å². The minimum absolute atomic E-state index is 0.167. The van der Waals surface area contributed by atoms with Crippen molar-refractivity contribution < 1.29 is 14.3 Å². The second kappa shape index (κ2) is 8.93. The zero-order valence-corrected chi connectivity index (χ0v) is 11.9. The van der Waals surface area contributed by atoms with Crippen LogP contribution in [0.4, 0.5) is 0 Å². The lowest BCUT2D eigenvalue weighted by Crippen LogP contribution is -2.02. The number of ether oxygens (including phenoxy) is 1. The van der Waals surface area contributed by atoms with Crippen LogP contribution in [-0.2, 0) is 20.9 Å². The summed E-state index contributed by atoms with van der Waals surface area (Å²) in [6.07, 6.45) is 0.421. The highest BCUT2D eigenvalue weighted by atomic mass is 79.9. The van der Waals surface area contributed by atoms with Crippen LogP contribution in [0.5, 0.6) is 0 Å². The largest absolute Gasteiger partial charge is 0.461 e. The summed E-state index contributed by atoms with van der Waals surface area (Å²) < 4.78 is 5.96. The first-order chi connectivity index (χ1) is 7.97. The Bertz CT molecular complexity index is 371. The van der Waals surface area contributed by atoms with Crippen LogP contribution in [0.3, 0.4) is 0 Å². The number of rotatable bonds is 3. The van der Waals surface area contributed by atoms with Crippen molar-refractivity contribution in [3.63, 3.8) is 0 Å². The van der Waals surface area contributed by atoms with Crippen LogP contribution < -0.4 is 0 Å². The number of carbonyl (C=O) groups is 2. The molecule has 0 heterocycles. The smallest absolute Gasteiger partial charge is 0.305 e. The van der Waals surface area contributed by atoms with Crippen molar-refractivity contribution >= 4 is 27.7 Å². The summed E-state index contributed by atoms with van der Waals surface area (Å²) in [5.74, 6) is -0.00393. The van der Waals surface area contributed by atoms with Crippen molar-refractivity contribution in [2.24, 2.45) is 0 Å². The number of hydrogen-bond donors (Lipinski definition) is 0. The number of hydrogen-bond acceptors (Lipinski definition) is 3. The molecule has 0 radical (unpaired) electrons. The number of esters is 1. The van der Waals surface area contributed by atoms with Crippen LogP contribution in [0.25, 0.3) is 0 Å². The highest BCUT2D eigenvalue weighted by Crippen LogP contribution is 2.16. The first-order valence-corrected chi connectivity index (χ1v) is 6.12. The summed E-state index contributed by atoms with van der Waals surface area (Å²) in [6.45, 7) is 5.18. The standard InChI is InChI=1S/C10H11BrO2.C3H6O/c1-2-10(12)13-7-8-5-3-4-6-9(8)11;1-3(2)4/h3-6H,2,7H2,1H3;1-2H3. The van der Waals surface area contributed by atoms with Gasteiger partial charge in [-0.1, -0.05) is 41.1 Å². The second-order valence-electron chi connectivity index (χ2n) is 3.51. The molecule has 0 amide bonds. The Hall–Kier alpha value is -1.16. The van der Waals surface area contributed by atoms with E-state index in [2.05, 4.69) is 15.9 Å². The van der Waals surface area contributed by atoms with Gasteiger partial charge in [-0.25, -0.2) is 0 Å². The Kier molecular flexibility index (Phi) is 8.32. The maximum Gasteiger partial charge on any atom is 0.305 e. The molecule has 1 rings (SSSR count). The van der Waals surface area contributed by atoms with E-state index < -0.39 is 0 Å². The fourth-order valence-electron chi connectivity index (χ4n) is 0.876. The van der Waals surface area contributed by atoms with E-state index in [0.717, 1.165) is 10.0 Å². The van der Waals surface area contributed by atoms with E-state index >= 15 is 0 Å². The van der Waals surface area contributed by atoms with E-state index in [-0.39, 0.29) is 11.8 Å². The third kappa shape index (κ3) is 8.63. The van der Waals surface area contributed by atoms with E-state index in [9.17, 15) is 9.59 Å². The molecule has 17 heavy (non-hydrogen) atoms. The molecule has 0 bridgehead atoms. The molecule has 0 fully saturated rings. The Balaban J connectivity index is 0.000000557. The highest BCUT2D eigenvalue weighted by molar-refractivity contribution is 9.10. The number of Topliss-reactive ketones (excluding diaryl/α,β-unsaturated/α-hetero) is 1. The predicted molar refractivity (Wildman–Crippen MR) is 70.6 cm³/mol. The van der Waals surface area contributed by atoms with Crippen molar-refractivity contribution in [3.05, 3.63) is 34.3 Å². The molecule has 0 aliphatic rings. The minimum atomic E-state index is -0.171. The van der Waals surface area contributed by atoms with Crippen LogP contribution in [-0.4, -0.2) is 11.8 Å². The lowest BCUT2D eigenvalue weighted by atomic mass is 10.2. The van der Waals surface area contributed by atoms with E-state index in [1.165, 1.54) is 13.8 Å². The zero-order valence-electron chi connectivity index (χ0n) is 10.3. The number of ketones is 1. The summed E-state index contributed by atoms with van der Waals surface area (Å²) in [4.78, 5) is 20.3. The molecule has 0 spiro atoms. The van der Waals surface area contributed by atoms with Crippen LogP contribution in [0, 0.1) is 0 Å². The molecule has 0 atom stereocenters. The molecule has 3 nitrogen and oxygen atoms in total. The summed E-state index contributed by atoms with van der Waals surface area (Å²) in [5.41, 5.74) is 0.990. The molecule has 94 valence electrons. The van der Waals surface area contributed by atoms with Crippen LogP contribution >= 0.6 is 15.9 Å². The molecule has 0 aliphatic carbocycles. The first kappa shape index (κ1) is 15.8. The Morgan fingerprint density at radius 1 is 1.24 bits per heavy atom. The van der Waals surface area contributed by atoms with E-state index in [1.54, 1.807) is 6.92 Å². The first-order valence-electron chi connectivity index (χ1n) is 5.33. The third-order valence-electron chi connectivity index (χ3n) is 1.64. The Morgan fingerprint density at radius 2 is 1.76 bits per heavy atom. The van der Waals surface area contributed by atoms with Crippen molar-refractivity contribution in [2.45, 2.75) is 33.8 Å². The predicted octanol–water partition coefficient (Wildman–Crippen LogP) is 3.50. The lowest BCUT2D eigenvalue weighted by molar-refractivity contribution is -0.144. The van der Waals surface area contributed by atoms with Crippen LogP contribution in [0.2, 0.25) is 0 Å². The van der Waals surface area contributed by atoms with E-state index in [1.807, 2.05) is 24.3 Å². The Morgan fingerprint density at radius 3 is 2.24 bits per heavy atom. The zero-order chi connectivity index (χ0) is 13.3. The van der Waals surface area contributed by atoms with Gasteiger partial charge in [0.05, 0.1) is 0 Å². The molecule has 0 N–H and O–H groups in total. The topological polar surface area (TPSA) is 43.4 Å². The molecule has 0 saturated heterocycles. The van der Waals surface area contributed by atoms with Gasteiger partial charge in [-0.15, -0.1) is 0 Å². The van der Waals surface area contributed by atoms with Crippen LogP contribution in [0.15, 0.2) is 28.7 Å². The molecule has 0 aliphatic heterocycles. The quantitative estimate of drug-likeness (QED) is 0.803. The molecule has 1 aromatic carbocycles. The summed E-state index contributed by atoms with van der Waals surface area (Å²) in [7, 11) is 0.